The van der Waals surface area contributed by atoms with Crippen LogP contribution in [-0.4, -0.2) is 45.1 Å². The highest BCUT2D eigenvalue weighted by Crippen LogP contribution is 2.18. The van der Waals surface area contributed by atoms with Crippen LogP contribution in [0.5, 0.6) is 0 Å². The molecule has 1 atom stereocenters. The molecule has 20 heavy (non-hydrogen) atoms. The second-order valence-electron chi connectivity index (χ2n) is 4.75. The average molecular weight is 321 g/mol. The summed E-state index contributed by atoms with van der Waals surface area (Å²) >= 11 is 0. The van der Waals surface area contributed by atoms with Gasteiger partial charge < -0.3 is 10.6 Å². The van der Waals surface area contributed by atoms with Crippen LogP contribution in [0.4, 0.5) is 0 Å². The zero-order chi connectivity index (χ0) is 14.8. The molecule has 1 aromatic carbocycles. The Morgan fingerprint density at radius 2 is 1.95 bits per heavy atom. The highest BCUT2D eigenvalue weighted by molar-refractivity contribution is 7.90. The Kier molecular flexibility index (Phi) is 6.67. The van der Waals surface area contributed by atoms with Gasteiger partial charge in [0.05, 0.1) is 4.90 Å². The molecule has 0 heterocycles. The van der Waals surface area contributed by atoms with E-state index in [-0.39, 0.29) is 29.3 Å². The van der Waals surface area contributed by atoms with E-state index in [4.69, 9.17) is 5.73 Å². The van der Waals surface area contributed by atoms with Gasteiger partial charge in [0.1, 0.15) is 0 Å². The van der Waals surface area contributed by atoms with Gasteiger partial charge in [0.25, 0.3) is 5.91 Å². The minimum atomic E-state index is -3.34. The normalized spacial score (nSPS) is 12.4. The van der Waals surface area contributed by atoms with Crippen LogP contribution >= 0.6 is 12.4 Å². The maximum atomic E-state index is 12.2. The van der Waals surface area contributed by atoms with Crippen LogP contribution in [0.25, 0.3) is 0 Å². The number of aryl methyl sites for hydroxylation is 1. The molecule has 7 heteroatoms. The fourth-order valence-corrected chi connectivity index (χ4v) is 2.69. The van der Waals surface area contributed by atoms with Gasteiger partial charge in [-0.15, -0.1) is 12.4 Å². The van der Waals surface area contributed by atoms with Crippen molar-refractivity contribution < 1.29 is 13.2 Å². The minimum absolute atomic E-state index is 0. The summed E-state index contributed by atoms with van der Waals surface area (Å²) in [6.45, 7) is 3.90. The Hall–Kier alpha value is -1.11. The van der Waals surface area contributed by atoms with Crippen molar-refractivity contribution in [3.8, 4) is 0 Å². The lowest BCUT2D eigenvalue weighted by Gasteiger charge is -2.24. The zero-order valence-electron chi connectivity index (χ0n) is 12.1. The van der Waals surface area contributed by atoms with Crippen LogP contribution in [0.15, 0.2) is 23.1 Å². The van der Waals surface area contributed by atoms with Crippen LogP contribution < -0.4 is 5.73 Å². The topological polar surface area (TPSA) is 80.5 Å². The number of halogens is 1. The van der Waals surface area contributed by atoms with Gasteiger partial charge in [0, 0.05) is 31.5 Å². The van der Waals surface area contributed by atoms with Gasteiger partial charge in [0.2, 0.25) is 0 Å². The quantitative estimate of drug-likeness (QED) is 0.905. The summed E-state index contributed by atoms with van der Waals surface area (Å²) in [7, 11) is -1.68. The number of rotatable bonds is 4. The number of nitrogens with zero attached hydrogens (tertiary/aromatic N) is 1. The van der Waals surface area contributed by atoms with Crippen molar-refractivity contribution in [3.05, 3.63) is 29.3 Å². The van der Waals surface area contributed by atoms with E-state index in [9.17, 15) is 13.2 Å². The lowest BCUT2D eigenvalue weighted by molar-refractivity contribution is 0.0748. The summed E-state index contributed by atoms with van der Waals surface area (Å²) < 4.78 is 23.3. The van der Waals surface area contributed by atoms with E-state index >= 15 is 0 Å². The molecule has 1 unspecified atom stereocenters. The second-order valence-corrected chi connectivity index (χ2v) is 6.74. The van der Waals surface area contributed by atoms with E-state index in [1.165, 1.54) is 11.0 Å². The third kappa shape index (κ3) is 4.19. The number of amides is 1. The van der Waals surface area contributed by atoms with E-state index in [1.54, 1.807) is 26.1 Å². The monoisotopic (exact) mass is 320 g/mol. The molecule has 5 nitrogen and oxygen atoms in total. The Balaban J connectivity index is 0.00000361. The first-order valence-corrected chi connectivity index (χ1v) is 7.85. The van der Waals surface area contributed by atoms with Gasteiger partial charge in [-0.1, -0.05) is 6.07 Å². The standard InChI is InChI=1S/C13H20N2O3S.ClH/c1-9-5-6-11(7-12(9)19(4,17)18)13(16)15(3)10(2)8-14;/h5-7,10H,8,14H2,1-4H3;1H. The molecule has 0 aliphatic heterocycles. The summed E-state index contributed by atoms with van der Waals surface area (Å²) in [4.78, 5) is 13.9. The van der Waals surface area contributed by atoms with E-state index in [1.807, 2.05) is 6.92 Å². The highest BCUT2D eigenvalue weighted by atomic mass is 35.5. The van der Waals surface area contributed by atoms with Gasteiger partial charge in [-0.2, -0.15) is 0 Å². The second kappa shape index (κ2) is 7.06. The van der Waals surface area contributed by atoms with Crippen molar-refractivity contribution in [1.29, 1.82) is 0 Å². The van der Waals surface area contributed by atoms with Crippen molar-refractivity contribution in [1.82, 2.24) is 4.90 Å². The van der Waals surface area contributed by atoms with Gasteiger partial charge in [-0.25, -0.2) is 8.42 Å². The van der Waals surface area contributed by atoms with E-state index in [0.717, 1.165) is 6.26 Å². The van der Waals surface area contributed by atoms with E-state index in [2.05, 4.69) is 0 Å². The predicted octanol–water partition coefficient (Wildman–Crippen LogP) is 1.24. The van der Waals surface area contributed by atoms with Crippen LogP contribution in [-0.2, 0) is 9.84 Å². The number of likely N-dealkylation sites (N-methyl/N-ethyl adjacent to an activating group) is 1. The molecule has 114 valence electrons. The van der Waals surface area contributed by atoms with Crippen molar-refractivity contribution >= 4 is 28.2 Å². The van der Waals surface area contributed by atoms with Crippen molar-refractivity contribution in [3.63, 3.8) is 0 Å². The highest BCUT2D eigenvalue weighted by Gasteiger charge is 2.19. The van der Waals surface area contributed by atoms with Crippen LogP contribution in [0.3, 0.4) is 0 Å². The SMILES string of the molecule is Cc1ccc(C(=O)N(C)C(C)CN)cc1S(C)(=O)=O.Cl. The molecule has 0 bridgehead atoms. The number of sulfone groups is 1. The number of hydrogen-bond donors (Lipinski definition) is 1. The molecule has 0 saturated heterocycles. The molecule has 0 spiro atoms. The summed E-state index contributed by atoms with van der Waals surface area (Å²) in [6.07, 6.45) is 1.13. The summed E-state index contributed by atoms with van der Waals surface area (Å²) in [6, 6.07) is 4.60. The van der Waals surface area contributed by atoms with E-state index < -0.39 is 9.84 Å². The largest absolute Gasteiger partial charge is 0.338 e. The van der Waals surface area contributed by atoms with Crippen molar-refractivity contribution in [2.45, 2.75) is 24.8 Å². The summed E-state index contributed by atoms with van der Waals surface area (Å²) in [5.74, 6) is -0.233. The Morgan fingerprint density at radius 3 is 2.40 bits per heavy atom. The van der Waals surface area contributed by atoms with Gasteiger partial charge in [-0.3, -0.25) is 4.79 Å². The summed E-state index contributed by atoms with van der Waals surface area (Å²) in [5, 5.41) is 0. The third-order valence-electron chi connectivity index (χ3n) is 3.16. The summed E-state index contributed by atoms with van der Waals surface area (Å²) in [5.41, 5.74) is 6.51. The molecule has 0 aromatic heterocycles. The Morgan fingerprint density at radius 1 is 1.40 bits per heavy atom. The lowest BCUT2D eigenvalue weighted by atomic mass is 10.1. The first-order valence-electron chi connectivity index (χ1n) is 5.96. The number of hydrogen-bond acceptors (Lipinski definition) is 4. The van der Waals surface area contributed by atoms with Gasteiger partial charge in [0.15, 0.2) is 9.84 Å². The molecule has 1 rings (SSSR count). The molecule has 0 radical (unpaired) electrons. The zero-order valence-corrected chi connectivity index (χ0v) is 13.7. The molecule has 1 amide bonds. The number of nitrogens with two attached hydrogens (primary N) is 1. The van der Waals surface area contributed by atoms with Crippen LogP contribution in [0.2, 0.25) is 0 Å². The fraction of sp³-hybridized carbons (Fsp3) is 0.462. The van der Waals surface area contributed by atoms with Crippen molar-refractivity contribution in [2.24, 2.45) is 5.73 Å². The molecule has 1 aromatic rings. The van der Waals surface area contributed by atoms with E-state index in [0.29, 0.717) is 17.7 Å². The smallest absolute Gasteiger partial charge is 0.253 e. The van der Waals surface area contributed by atoms with Gasteiger partial charge >= 0.3 is 0 Å². The van der Waals surface area contributed by atoms with Crippen LogP contribution in [0.1, 0.15) is 22.8 Å². The molecule has 0 aliphatic rings. The maximum Gasteiger partial charge on any atom is 0.253 e. The first-order chi connectivity index (χ1) is 8.68. The minimum Gasteiger partial charge on any atom is -0.338 e. The molecule has 0 aliphatic carbocycles. The average Bonchev–Trinajstić information content (AvgIpc) is 2.35. The molecule has 0 fully saturated rings. The number of carbonyl (C=O) groups excluding carboxylic acids is 1. The number of benzene rings is 1. The number of carbonyl (C=O) groups is 1. The van der Waals surface area contributed by atoms with Crippen LogP contribution in [0, 0.1) is 6.92 Å². The first kappa shape index (κ1) is 18.9. The molecular formula is C13H21ClN2O3S. The predicted molar refractivity (Wildman–Crippen MR) is 82.1 cm³/mol. The maximum absolute atomic E-state index is 12.2. The van der Waals surface area contributed by atoms with Crippen molar-refractivity contribution in [2.75, 3.05) is 19.8 Å². The third-order valence-corrected chi connectivity index (χ3v) is 4.40. The Labute approximate surface area is 126 Å². The Bertz CT molecular complexity index is 587. The fourth-order valence-electron chi connectivity index (χ4n) is 1.69. The molecular weight excluding hydrogens is 300 g/mol. The lowest BCUT2D eigenvalue weighted by Crippen LogP contribution is -2.39. The van der Waals surface area contributed by atoms with Gasteiger partial charge in [-0.05, 0) is 31.5 Å². The molecule has 2 N–H and O–H groups in total. The molecule has 0 saturated carbocycles.